The van der Waals surface area contributed by atoms with E-state index < -0.39 is 13.9 Å². The van der Waals surface area contributed by atoms with Crippen molar-refractivity contribution in [1.29, 1.82) is 0 Å². The number of carbonyl (C=O) groups excluding carboxylic acids is 1. The Hall–Kier alpha value is -1.34. The lowest BCUT2D eigenvalue weighted by molar-refractivity contribution is -0.0729. The van der Waals surface area contributed by atoms with Crippen LogP contribution in [0.25, 0.3) is 5.57 Å². The van der Waals surface area contributed by atoms with Crippen LogP contribution in [-0.2, 0) is 27.9 Å². The van der Waals surface area contributed by atoms with Gasteiger partial charge in [-0.15, -0.1) is 5.10 Å². The predicted octanol–water partition coefficient (Wildman–Crippen LogP) is 2.67. The van der Waals surface area contributed by atoms with Crippen LogP contribution < -0.4 is 0 Å². The number of hydrogen-bond acceptors (Lipinski definition) is 9. The second kappa shape index (κ2) is 8.67. The van der Waals surface area contributed by atoms with E-state index in [0.717, 1.165) is 11.5 Å². The Morgan fingerprint density at radius 3 is 2.50 bits per heavy atom. The van der Waals surface area contributed by atoms with Gasteiger partial charge in [0, 0.05) is 12.0 Å². The minimum absolute atomic E-state index is 0.129. The van der Waals surface area contributed by atoms with Gasteiger partial charge in [0.2, 0.25) is 6.29 Å². The number of aromatic nitrogens is 2. The molecule has 0 N–H and O–H groups in total. The monoisotopic (exact) mass is 374 g/mol. The number of rotatable bonds is 9. The Morgan fingerprint density at radius 2 is 2.00 bits per heavy atom. The predicted molar refractivity (Wildman–Crippen MR) is 88.3 cm³/mol. The molecule has 1 unspecified atom stereocenters. The highest BCUT2D eigenvalue weighted by atomic mass is 32.1. The first kappa shape index (κ1) is 19.0. The first-order chi connectivity index (χ1) is 11.6. The van der Waals surface area contributed by atoms with E-state index in [1.54, 1.807) is 26.2 Å². The standard InChI is InChI=1S/C14H19N2O6PS/c1-4-19-14-10(7-17)13(11-9-24-16-15-11)12(22-14)8-23(18,20-5-2)21-6-3/h9,14H,4-6,8H2,1-3H3. The lowest BCUT2D eigenvalue weighted by Gasteiger charge is -2.18. The highest BCUT2D eigenvalue weighted by Crippen LogP contribution is 2.52. The molecule has 0 radical (unpaired) electrons. The van der Waals surface area contributed by atoms with Crippen molar-refractivity contribution >= 4 is 30.6 Å². The molecule has 2 rings (SSSR count). The Balaban J connectivity index is 2.43. The fourth-order valence-corrected chi connectivity index (χ4v) is 4.33. The van der Waals surface area contributed by atoms with Crippen molar-refractivity contribution in [3.63, 3.8) is 0 Å². The maximum atomic E-state index is 12.8. The maximum absolute atomic E-state index is 12.8. The lowest BCUT2D eigenvalue weighted by atomic mass is 10.1. The average Bonchev–Trinajstić information content (AvgIpc) is 3.15. The van der Waals surface area contributed by atoms with Gasteiger partial charge in [0.1, 0.15) is 29.1 Å². The molecule has 1 aliphatic heterocycles. The molecule has 0 amide bonds. The molecule has 0 saturated carbocycles. The van der Waals surface area contributed by atoms with Gasteiger partial charge in [-0.2, -0.15) is 0 Å². The van der Waals surface area contributed by atoms with Crippen molar-refractivity contribution in [3.05, 3.63) is 22.4 Å². The third kappa shape index (κ3) is 4.19. The smallest absolute Gasteiger partial charge is 0.338 e. The number of hydrogen-bond donors (Lipinski definition) is 0. The maximum Gasteiger partial charge on any atom is 0.338 e. The molecule has 0 fully saturated rings. The van der Waals surface area contributed by atoms with Crippen LogP contribution in [0.15, 0.2) is 16.7 Å². The van der Waals surface area contributed by atoms with Crippen LogP contribution >= 0.6 is 19.1 Å². The summed E-state index contributed by atoms with van der Waals surface area (Å²) >= 11 is 1.13. The summed E-state index contributed by atoms with van der Waals surface area (Å²) < 4.78 is 38.3. The van der Waals surface area contributed by atoms with E-state index in [1.807, 2.05) is 5.94 Å². The molecule has 0 saturated heterocycles. The van der Waals surface area contributed by atoms with E-state index in [2.05, 4.69) is 9.59 Å². The van der Waals surface area contributed by atoms with Gasteiger partial charge in [-0.05, 0) is 32.3 Å². The van der Waals surface area contributed by atoms with Gasteiger partial charge in [0.15, 0.2) is 0 Å². The summed E-state index contributed by atoms with van der Waals surface area (Å²) in [4.78, 5) is 11.4. The molecule has 0 aromatic carbocycles. The van der Waals surface area contributed by atoms with Gasteiger partial charge in [-0.25, -0.2) is 4.79 Å². The van der Waals surface area contributed by atoms with Gasteiger partial charge < -0.3 is 18.5 Å². The van der Waals surface area contributed by atoms with Crippen LogP contribution in [0.3, 0.4) is 0 Å². The summed E-state index contributed by atoms with van der Waals surface area (Å²) in [5.74, 6) is 2.11. The lowest BCUT2D eigenvalue weighted by Crippen LogP contribution is -2.15. The third-order valence-electron chi connectivity index (χ3n) is 3.07. The second-order valence-corrected chi connectivity index (χ2v) is 7.28. The van der Waals surface area contributed by atoms with Crippen LogP contribution in [0.5, 0.6) is 0 Å². The fourth-order valence-electron chi connectivity index (χ4n) is 2.25. The average molecular weight is 374 g/mol. The van der Waals surface area contributed by atoms with Crippen molar-refractivity contribution < 1.29 is 27.9 Å². The highest BCUT2D eigenvalue weighted by molar-refractivity contribution is 7.54. The van der Waals surface area contributed by atoms with E-state index in [0.29, 0.717) is 17.9 Å². The van der Waals surface area contributed by atoms with E-state index >= 15 is 0 Å². The van der Waals surface area contributed by atoms with E-state index in [-0.39, 0.29) is 30.7 Å². The minimum atomic E-state index is -3.42. The van der Waals surface area contributed by atoms with Crippen LogP contribution in [0.2, 0.25) is 0 Å². The SMILES string of the molecule is CCOC1OC(CP(=O)(OCC)OCC)=C(c2csnn2)C1=C=O. The summed E-state index contributed by atoms with van der Waals surface area (Å²) in [6, 6.07) is 0. The van der Waals surface area contributed by atoms with Gasteiger partial charge in [-0.3, -0.25) is 4.57 Å². The quantitative estimate of drug-likeness (QED) is 0.481. The van der Waals surface area contributed by atoms with Gasteiger partial charge >= 0.3 is 7.60 Å². The van der Waals surface area contributed by atoms with E-state index in [9.17, 15) is 9.36 Å². The first-order valence-electron chi connectivity index (χ1n) is 7.50. The molecular formula is C14H19N2O6PS. The largest absolute Gasteiger partial charge is 0.463 e. The van der Waals surface area contributed by atoms with Crippen molar-refractivity contribution in [2.45, 2.75) is 27.1 Å². The summed E-state index contributed by atoms with van der Waals surface area (Å²) in [7, 11) is -3.42. The Morgan fingerprint density at radius 1 is 1.29 bits per heavy atom. The zero-order valence-corrected chi connectivity index (χ0v) is 15.4. The minimum Gasteiger partial charge on any atom is -0.463 e. The normalized spacial score (nSPS) is 18.0. The van der Waals surface area contributed by atoms with E-state index in [4.69, 9.17) is 18.5 Å². The molecule has 1 aromatic heterocycles. The molecular weight excluding hydrogens is 355 g/mol. The molecule has 132 valence electrons. The van der Waals surface area contributed by atoms with Crippen molar-refractivity contribution in [1.82, 2.24) is 9.59 Å². The molecule has 1 atom stereocenters. The fraction of sp³-hybridized carbons (Fsp3) is 0.571. The molecule has 1 aromatic rings. The van der Waals surface area contributed by atoms with Crippen LogP contribution in [-0.4, -0.2) is 47.8 Å². The molecule has 2 heterocycles. The van der Waals surface area contributed by atoms with Crippen LogP contribution in [0, 0.1) is 0 Å². The zero-order valence-electron chi connectivity index (χ0n) is 13.7. The molecule has 1 aliphatic rings. The summed E-state index contributed by atoms with van der Waals surface area (Å²) in [5, 5.41) is 5.63. The molecule has 8 nitrogen and oxygen atoms in total. The topological polar surface area (TPSA) is 96.8 Å². The van der Waals surface area contributed by atoms with Gasteiger partial charge in [0.05, 0.1) is 18.8 Å². The Kier molecular flexibility index (Phi) is 6.86. The van der Waals surface area contributed by atoms with E-state index in [1.165, 1.54) is 0 Å². The van der Waals surface area contributed by atoms with Crippen molar-refractivity contribution in [2.75, 3.05) is 26.0 Å². The molecule has 0 spiro atoms. The zero-order chi connectivity index (χ0) is 17.6. The summed E-state index contributed by atoms with van der Waals surface area (Å²) in [6.45, 7) is 6.01. The third-order valence-corrected chi connectivity index (χ3v) is 5.55. The van der Waals surface area contributed by atoms with Crippen LogP contribution in [0.1, 0.15) is 26.5 Å². The molecule has 24 heavy (non-hydrogen) atoms. The van der Waals surface area contributed by atoms with Crippen molar-refractivity contribution in [3.8, 4) is 0 Å². The number of nitrogens with zero attached hydrogens (tertiary/aromatic N) is 2. The van der Waals surface area contributed by atoms with Gasteiger partial charge in [-0.1, -0.05) is 4.49 Å². The molecule has 0 bridgehead atoms. The van der Waals surface area contributed by atoms with Crippen LogP contribution in [0.4, 0.5) is 0 Å². The summed E-state index contributed by atoms with van der Waals surface area (Å²) in [5.41, 5.74) is 0.992. The van der Waals surface area contributed by atoms with Gasteiger partial charge in [0.25, 0.3) is 0 Å². The second-order valence-electron chi connectivity index (χ2n) is 4.61. The number of allylic oxidation sites excluding steroid dienone is 1. The summed E-state index contributed by atoms with van der Waals surface area (Å²) in [6.07, 6.45) is -1.05. The first-order valence-corrected chi connectivity index (χ1v) is 10.1. The Bertz CT molecular complexity index is 673. The highest BCUT2D eigenvalue weighted by Gasteiger charge is 2.39. The molecule has 0 aliphatic carbocycles. The number of ether oxygens (including phenoxy) is 2. The Labute approximate surface area is 144 Å². The van der Waals surface area contributed by atoms with Crippen molar-refractivity contribution in [2.24, 2.45) is 0 Å². The molecule has 10 heteroatoms.